The fraction of sp³-hybridized carbons (Fsp3) is 0.320. The van der Waals surface area contributed by atoms with Gasteiger partial charge in [0, 0.05) is 49.6 Å². The van der Waals surface area contributed by atoms with Crippen LogP contribution in [0.3, 0.4) is 0 Å². The number of benzene rings is 2. The van der Waals surface area contributed by atoms with Crippen molar-refractivity contribution in [2.45, 2.75) is 32.2 Å². The third-order valence-corrected chi connectivity index (χ3v) is 6.07. The Morgan fingerprint density at radius 3 is 2.35 bits per heavy atom. The van der Waals surface area contributed by atoms with Crippen molar-refractivity contribution in [2.24, 2.45) is 0 Å². The zero-order valence-corrected chi connectivity index (χ0v) is 19.0. The summed E-state index contributed by atoms with van der Waals surface area (Å²) in [4.78, 5) is 40.2. The lowest BCUT2D eigenvalue weighted by atomic mass is 10.0. The molecule has 9 heteroatoms. The van der Waals surface area contributed by atoms with Gasteiger partial charge in [-0.05, 0) is 49.6 Å². The normalized spacial score (nSPS) is 14.1. The highest BCUT2D eigenvalue weighted by atomic mass is 16.6. The molecule has 176 valence electrons. The predicted molar refractivity (Wildman–Crippen MR) is 127 cm³/mol. The Kier molecular flexibility index (Phi) is 7.01. The molecule has 1 saturated heterocycles. The highest BCUT2D eigenvalue weighted by Crippen LogP contribution is 2.21. The standard InChI is InChI=1S/C25H27N5O4/c1-2-15-28(20-12-16-27(17-13-20)24(31)19-6-4-3-5-7-19)25(32)23-14-18-29(26-23)21-8-10-22(11-9-21)30(33)34/h3-11,14,18,20H,2,12-13,15-17H2,1H3. The molecule has 1 fully saturated rings. The maximum atomic E-state index is 13.3. The number of carbonyl (C=O) groups excluding carboxylic acids is 2. The molecule has 0 spiro atoms. The van der Waals surface area contributed by atoms with Gasteiger partial charge in [0.15, 0.2) is 5.69 Å². The molecule has 1 aromatic heterocycles. The number of carbonyl (C=O) groups is 2. The van der Waals surface area contributed by atoms with E-state index in [0.29, 0.717) is 49.4 Å². The number of aromatic nitrogens is 2. The number of nitrogens with zero attached hydrogens (tertiary/aromatic N) is 5. The molecule has 4 rings (SSSR count). The quantitative estimate of drug-likeness (QED) is 0.392. The second-order valence-corrected chi connectivity index (χ2v) is 8.31. The van der Waals surface area contributed by atoms with Gasteiger partial charge >= 0.3 is 0 Å². The molecule has 0 saturated carbocycles. The van der Waals surface area contributed by atoms with Crippen LogP contribution in [0.2, 0.25) is 0 Å². The molecule has 0 N–H and O–H groups in total. The van der Waals surface area contributed by atoms with Crippen LogP contribution in [0.1, 0.15) is 47.0 Å². The molecule has 1 aliphatic rings. The van der Waals surface area contributed by atoms with Crippen LogP contribution < -0.4 is 0 Å². The molecule has 34 heavy (non-hydrogen) atoms. The summed E-state index contributed by atoms with van der Waals surface area (Å²) >= 11 is 0. The van der Waals surface area contributed by atoms with Gasteiger partial charge in [-0.2, -0.15) is 5.10 Å². The Morgan fingerprint density at radius 1 is 1.06 bits per heavy atom. The van der Waals surface area contributed by atoms with Crippen molar-refractivity contribution < 1.29 is 14.5 Å². The third kappa shape index (κ3) is 4.98. The van der Waals surface area contributed by atoms with Crippen molar-refractivity contribution >= 4 is 17.5 Å². The summed E-state index contributed by atoms with van der Waals surface area (Å²) in [5.74, 6) is -0.121. The van der Waals surface area contributed by atoms with E-state index in [1.165, 1.54) is 12.1 Å². The third-order valence-electron chi connectivity index (χ3n) is 6.07. The summed E-state index contributed by atoms with van der Waals surface area (Å²) < 4.78 is 1.54. The lowest BCUT2D eigenvalue weighted by Gasteiger charge is -2.38. The molecule has 1 aliphatic heterocycles. The van der Waals surface area contributed by atoms with Crippen LogP contribution in [0.4, 0.5) is 5.69 Å². The predicted octanol–water partition coefficient (Wildman–Crippen LogP) is 3.94. The number of piperidine rings is 1. The van der Waals surface area contributed by atoms with Crippen molar-refractivity contribution in [3.63, 3.8) is 0 Å². The number of likely N-dealkylation sites (tertiary alicyclic amines) is 1. The number of nitro groups is 1. The number of rotatable bonds is 7. The maximum Gasteiger partial charge on any atom is 0.274 e. The SMILES string of the molecule is CCCN(C(=O)c1ccn(-c2ccc([N+](=O)[O-])cc2)n1)C1CCN(C(=O)c2ccccc2)CC1. The molecular weight excluding hydrogens is 434 g/mol. The van der Waals surface area contributed by atoms with Crippen LogP contribution in [0, 0.1) is 10.1 Å². The van der Waals surface area contributed by atoms with E-state index in [9.17, 15) is 19.7 Å². The average Bonchev–Trinajstić information content (AvgIpc) is 3.38. The van der Waals surface area contributed by atoms with Crippen molar-refractivity contribution in [2.75, 3.05) is 19.6 Å². The summed E-state index contributed by atoms with van der Waals surface area (Å²) in [5, 5.41) is 15.3. The van der Waals surface area contributed by atoms with Crippen LogP contribution in [0.15, 0.2) is 66.9 Å². The number of hydrogen-bond donors (Lipinski definition) is 0. The topological polar surface area (TPSA) is 102 Å². The Labute approximate surface area is 197 Å². The van der Waals surface area contributed by atoms with E-state index in [-0.39, 0.29) is 23.5 Å². The van der Waals surface area contributed by atoms with Gasteiger partial charge in [0.2, 0.25) is 0 Å². The maximum absolute atomic E-state index is 13.3. The van der Waals surface area contributed by atoms with Crippen molar-refractivity contribution in [3.8, 4) is 5.69 Å². The van der Waals surface area contributed by atoms with Crippen LogP contribution in [-0.2, 0) is 0 Å². The Hall–Kier alpha value is -4.01. The molecule has 0 atom stereocenters. The van der Waals surface area contributed by atoms with Gasteiger partial charge in [0.25, 0.3) is 17.5 Å². The van der Waals surface area contributed by atoms with Gasteiger partial charge < -0.3 is 9.80 Å². The first-order valence-electron chi connectivity index (χ1n) is 11.4. The van der Waals surface area contributed by atoms with E-state index >= 15 is 0 Å². The van der Waals surface area contributed by atoms with Gasteiger partial charge in [0.1, 0.15) is 0 Å². The highest BCUT2D eigenvalue weighted by Gasteiger charge is 2.31. The fourth-order valence-electron chi connectivity index (χ4n) is 4.29. The Bertz CT molecular complexity index is 1150. The second kappa shape index (κ2) is 10.3. The summed E-state index contributed by atoms with van der Waals surface area (Å²) in [7, 11) is 0. The van der Waals surface area contributed by atoms with Crippen molar-refractivity contribution in [1.29, 1.82) is 0 Å². The van der Waals surface area contributed by atoms with E-state index in [1.54, 1.807) is 29.1 Å². The summed E-state index contributed by atoms with van der Waals surface area (Å²) in [6, 6.07) is 17.0. The molecule has 2 amide bonds. The summed E-state index contributed by atoms with van der Waals surface area (Å²) in [5.41, 5.74) is 1.65. The van der Waals surface area contributed by atoms with E-state index in [0.717, 1.165) is 6.42 Å². The number of hydrogen-bond acceptors (Lipinski definition) is 5. The van der Waals surface area contributed by atoms with E-state index in [4.69, 9.17) is 0 Å². The number of nitro benzene ring substituents is 1. The molecule has 9 nitrogen and oxygen atoms in total. The molecule has 0 unspecified atom stereocenters. The van der Waals surface area contributed by atoms with Gasteiger partial charge in [0.05, 0.1) is 10.6 Å². The fourth-order valence-corrected chi connectivity index (χ4v) is 4.29. The Morgan fingerprint density at radius 2 is 1.74 bits per heavy atom. The van der Waals surface area contributed by atoms with Gasteiger partial charge in [-0.25, -0.2) is 4.68 Å². The minimum Gasteiger partial charge on any atom is -0.338 e. The molecule has 0 radical (unpaired) electrons. The van der Waals surface area contributed by atoms with E-state index in [2.05, 4.69) is 5.10 Å². The first-order chi connectivity index (χ1) is 16.5. The molecule has 2 aromatic carbocycles. The van der Waals surface area contributed by atoms with Crippen LogP contribution in [0.25, 0.3) is 5.69 Å². The molecule has 2 heterocycles. The summed E-state index contributed by atoms with van der Waals surface area (Å²) in [6.45, 7) is 3.84. The first-order valence-corrected chi connectivity index (χ1v) is 11.4. The lowest BCUT2D eigenvalue weighted by molar-refractivity contribution is -0.384. The zero-order chi connectivity index (χ0) is 24.1. The molecule has 0 aliphatic carbocycles. The molecular formula is C25H27N5O4. The van der Waals surface area contributed by atoms with E-state index in [1.807, 2.05) is 47.1 Å². The van der Waals surface area contributed by atoms with Crippen LogP contribution in [0.5, 0.6) is 0 Å². The second-order valence-electron chi connectivity index (χ2n) is 8.31. The van der Waals surface area contributed by atoms with E-state index < -0.39 is 4.92 Å². The highest BCUT2D eigenvalue weighted by molar-refractivity contribution is 5.94. The smallest absolute Gasteiger partial charge is 0.274 e. The minimum atomic E-state index is -0.455. The number of amides is 2. The first kappa shape index (κ1) is 23.2. The average molecular weight is 462 g/mol. The molecule has 3 aromatic rings. The minimum absolute atomic E-state index is 0.00147. The number of non-ortho nitro benzene ring substituents is 1. The molecule has 0 bridgehead atoms. The largest absolute Gasteiger partial charge is 0.338 e. The Balaban J connectivity index is 1.43. The van der Waals surface area contributed by atoms with Crippen LogP contribution >= 0.6 is 0 Å². The lowest BCUT2D eigenvalue weighted by Crippen LogP contribution is -2.49. The van der Waals surface area contributed by atoms with Gasteiger partial charge in [-0.3, -0.25) is 19.7 Å². The van der Waals surface area contributed by atoms with Crippen molar-refractivity contribution in [3.05, 3.63) is 88.2 Å². The summed E-state index contributed by atoms with van der Waals surface area (Å²) in [6.07, 6.45) is 3.93. The monoisotopic (exact) mass is 461 g/mol. The van der Waals surface area contributed by atoms with Gasteiger partial charge in [-0.15, -0.1) is 0 Å². The van der Waals surface area contributed by atoms with Crippen molar-refractivity contribution in [1.82, 2.24) is 19.6 Å². The van der Waals surface area contributed by atoms with Crippen LogP contribution in [-0.4, -0.2) is 62.0 Å². The van der Waals surface area contributed by atoms with Gasteiger partial charge in [-0.1, -0.05) is 25.1 Å². The zero-order valence-electron chi connectivity index (χ0n) is 19.0.